The molecule has 1 aliphatic rings. The van der Waals surface area contributed by atoms with E-state index in [0.717, 1.165) is 22.9 Å². The largest absolute Gasteiger partial charge is 0.308 e. The molecule has 0 amide bonds. The van der Waals surface area contributed by atoms with Crippen LogP contribution in [0.3, 0.4) is 0 Å². The minimum absolute atomic E-state index is 0.125. The zero-order valence-corrected chi connectivity index (χ0v) is 14.0. The average Bonchev–Trinajstić information content (AvgIpc) is 2.86. The lowest BCUT2D eigenvalue weighted by Gasteiger charge is -2.31. The van der Waals surface area contributed by atoms with Gasteiger partial charge in [-0.25, -0.2) is 9.97 Å². The summed E-state index contributed by atoms with van der Waals surface area (Å²) in [6.07, 6.45) is 7.93. The molecule has 0 spiro atoms. The van der Waals surface area contributed by atoms with Gasteiger partial charge < -0.3 is 4.57 Å². The third-order valence-electron chi connectivity index (χ3n) is 4.58. The van der Waals surface area contributed by atoms with Crippen LogP contribution in [-0.4, -0.2) is 14.5 Å². The highest BCUT2D eigenvalue weighted by molar-refractivity contribution is 6.31. The first-order valence-electron chi connectivity index (χ1n) is 7.77. The van der Waals surface area contributed by atoms with Gasteiger partial charge in [0.1, 0.15) is 11.3 Å². The molecule has 114 valence electrons. The molecule has 0 aliphatic heterocycles. The number of fused-ring (bicyclic) bond motifs is 1. The number of aromatic nitrogens is 3. The maximum atomic E-state index is 6.36. The SMILES string of the molecule is CCC1CCCC(n2c(C(C)Cl)nc3cc(Cl)cnc32)C1. The van der Waals surface area contributed by atoms with Crippen molar-refractivity contribution in [3.8, 4) is 0 Å². The van der Waals surface area contributed by atoms with Gasteiger partial charge in [0.05, 0.1) is 10.4 Å². The summed E-state index contributed by atoms with van der Waals surface area (Å²) in [5.74, 6) is 1.72. The Hall–Kier alpha value is -0.800. The Morgan fingerprint density at radius 2 is 2.24 bits per heavy atom. The summed E-state index contributed by atoms with van der Waals surface area (Å²) < 4.78 is 2.27. The highest BCUT2D eigenvalue weighted by Gasteiger charge is 2.27. The van der Waals surface area contributed by atoms with Gasteiger partial charge in [-0.3, -0.25) is 0 Å². The standard InChI is InChI=1S/C16H21Cl2N3/c1-3-11-5-4-6-13(7-11)21-15(10(2)17)20-14-8-12(18)9-19-16(14)21/h8-11,13H,3-7H2,1-2H3. The van der Waals surface area contributed by atoms with Crippen LogP contribution in [0.5, 0.6) is 0 Å². The van der Waals surface area contributed by atoms with Crippen molar-refractivity contribution in [1.29, 1.82) is 0 Å². The molecule has 1 saturated carbocycles. The first kappa shape index (κ1) is 15.1. The second kappa shape index (κ2) is 6.13. The normalized spacial score (nSPS) is 24.4. The van der Waals surface area contributed by atoms with Gasteiger partial charge >= 0.3 is 0 Å². The fourth-order valence-corrected chi connectivity index (χ4v) is 3.79. The maximum absolute atomic E-state index is 6.36. The van der Waals surface area contributed by atoms with Gasteiger partial charge in [0.25, 0.3) is 0 Å². The fourth-order valence-electron chi connectivity index (χ4n) is 3.48. The van der Waals surface area contributed by atoms with Crippen molar-refractivity contribution in [2.75, 3.05) is 0 Å². The molecule has 1 aliphatic carbocycles. The number of halogens is 2. The number of rotatable bonds is 3. The van der Waals surface area contributed by atoms with Crippen LogP contribution in [0.25, 0.3) is 11.2 Å². The topological polar surface area (TPSA) is 30.7 Å². The predicted octanol–water partition coefficient (Wildman–Crippen LogP) is 5.53. The van der Waals surface area contributed by atoms with Gasteiger partial charge in [0, 0.05) is 12.2 Å². The number of nitrogens with zero attached hydrogens (tertiary/aromatic N) is 3. The van der Waals surface area contributed by atoms with E-state index in [1.807, 2.05) is 13.0 Å². The molecule has 21 heavy (non-hydrogen) atoms. The molecule has 1 fully saturated rings. The Bertz CT molecular complexity index is 636. The summed E-state index contributed by atoms with van der Waals surface area (Å²) in [7, 11) is 0. The summed E-state index contributed by atoms with van der Waals surface area (Å²) in [5, 5.41) is 0.496. The zero-order chi connectivity index (χ0) is 15.0. The summed E-state index contributed by atoms with van der Waals surface area (Å²) in [5.41, 5.74) is 1.77. The molecule has 5 heteroatoms. The quantitative estimate of drug-likeness (QED) is 0.695. The van der Waals surface area contributed by atoms with Gasteiger partial charge in [-0.05, 0) is 31.7 Å². The molecule has 3 rings (SSSR count). The van der Waals surface area contributed by atoms with Crippen LogP contribution in [0.4, 0.5) is 0 Å². The van der Waals surface area contributed by atoms with Crippen molar-refractivity contribution in [2.24, 2.45) is 5.92 Å². The van der Waals surface area contributed by atoms with Crippen LogP contribution in [0.15, 0.2) is 12.3 Å². The van der Waals surface area contributed by atoms with Crippen LogP contribution in [0.2, 0.25) is 5.02 Å². The molecule has 2 heterocycles. The lowest BCUT2D eigenvalue weighted by atomic mass is 9.84. The molecule has 0 bridgehead atoms. The number of hydrogen-bond acceptors (Lipinski definition) is 2. The number of hydrogen-bond donors (Lipinski definition) is 0. The summed E-state index contributed by atoms with van der Waals surface area (Å²) in [6, 6.07) is 2.34. The Balaban J connectivity index is 2.08. The molecule has 0 saturated heterocycles. The first-order valence-corrected chi connectivity index (χ1v) is 8.59. The third-order valence-corrected chi connectivity index (χ3v) is 4.98. The summed E-state index contributed by atoms with van der Waals surface area (Å²) in [6.45, 7) is 4.25. The van der Waals surface area contributed by atoms with E-state index in [1.54, 1.807) is 6.20 Å². The number of imidazole rings is 1. The zero-order valence-electron chi connectivity index (χ0n) is 12.5. The van der Waals surface area contributed by atoms with Crippen LogP contribution < -0.4 is 0 Å². The van der Waals surface area contributed by atoms with E-state index >= 15 is 0 Å². The smallest absolute Gasteiger partial charge is 0.160 e. The van der Waals surface area contributed by atoms with Crippen LogP contribution in [0.1, 0.15) is 63.2 Å². The Kier molecular flexibility index (Phi) is 4.41. The Morgan fingerprint density at radius 3 is 2.95 bits per heavy atom. The first-order chi connectivity index (χ1) is 10.1. The predicted molar refractivity (Wildman–Crippen MR) is 88.1 cm³/mol. The summed E-state index contributed by atoms with van der Waals surface area (Å²) >= 11 is 12.4. The minimum atomic E-state index is -0.125. The van der Waals surface area contributed by atoms with E-state index in [2.05, 4.69) is 21.5 Å². The molecule has 0 N–H and O–H groups in total. The van der Waals surface area contributed by atoms with E-state index in [0.29, 0.717) is 11.1 Å². The molecule has 3 unspecified atom stereocenters. The van der Waals surface area contributed by atoms with Crippen molar-refractivity contribution < 1.29 is 0 Å². The van der Waals surface area contributed by atoms with E-state index < -0.39 is 0 Å². The van der Waals surface area contributed by atoms with Crippen LogP contribution in [-0.2, 0) is 0 Å². The molecule has 0 radical (unpaired) electrons. The number of pyridine rings is 1. The molecule has 3 nitrogen and oxygen atoms in total. The van der Waals surface area contributed by atoms with E-state index in [1.165, 1.54) is 32.1 Å². The van der Waals surface area contributed by atoms with Gasteiger partial charge in [-0.1, -0.05) is 37.8 Å². The van der Waals surface area contributed by atoms with Crippen LogP contribution in [0, 0.1) is 5.92 Å². The van der Waals surface area contributed by atoms with Gasteiger partial charge in [-0.2, -0.15) is 0 Å². The Morgan fingerprint density at radius 1 is 1.43 bits per heavy atom. The highest BCUT2D eigenvalue weighted by atomic mass is 35.5. The van der Waals surface area contributed by atoms with Crippen molar-refractivity contribution in [3.05, 3.63) is 23.1 Å². The molecule has 2 aromatic heterocycles. The molecule has 2 aromatic rings. The highest BCUT2D eigenvalue weighted by Crippen LogP contribution is 2.38. The average molecular weight is 326 g/mol. The fraction of sp³-hybridized carbons (Fsp3) is 0.625. The maximum Gasteiger partial charge on any atom is 0.160 e. The minimum Gasteiger partial charge on any atom is -0.308 e. The van der Waals surface area contributed by atoms with Gasteiger partial charge in [0.2, 0.25) is 0 Å². The molecular formula is C16H21Cl2N3. The van der Waals surface area contributed by atoms with Crippen molar-refractivity contribution in [2.45, 2.75) is 57.4 Å². The second-order valence-corrected chi connectivity index (χ2v) is 7.14. The lowest BCUT2D eigenvalue weighted by molar-refractivity contribution is 0.261. The van der Waals surface area contributed by atoms with E-state index in [4.69, 9.17) is 23.2 Å². The Labute approximate surface area is 135 Å². The van der Waals surface area contributed by atoms with Crippen molar-refractivity contribution in [1.82, 2.24) is 14.5 Å². The van der Waals surface area contributed by atoms with Crippen molar-refractivity contribution in [3.63, 3.8) is 0 Å². The third kappa shape index (κ3) is 2.91. The van der Waals surface area contributed by atoms with Gasteiger partial charge in [0.15, 0.2) is 5.65 Å². The molecule has 3 atom stereocenters. The van der Waals surface area contributed by atoms with E-state index in [9.17, 15) is 0 Å². The monoisotopic (exact) mass is 325 g/mol. The van der Waals surface area contributed by atoms with Crippen LogP contribution >= 0.6 is 23.2 Å². The van der Waals surface area contributed by atoms with E-state index in [-0.39, 0.29) is 5.38 Å². The van der Waals surface area contributed by atoms with Gasteiger partial charge in [-0.15, -0.1) is 11.6 Å². The molecular weight excluding hydrogens is 305 g/mol. The van der Waals surface area contributed by atoms with Crippen molar-refractivity contribution >= 4 is 34.4 Å². The number of alkyl halides is 1. The molecule has 0 aromatic carbocycles. The summed E-state index contributed by atoms with van der Waals surface area (Å²) in [4.78, 5) is 9.20. The second-order valence-electron chi connectivity index (χ2n) is 6.05. The lowest BCUT2D eigenvalue weighted by Crippen LogP contribution is -2.21.